The number of esters is 2. The highest BCUT2D eigenvalue weighted by Gasteiger charge is 2.39. The monoisotopic (exact) mass is 353 g/mol. The number of ether oxygens (including phenoxy) is 3. The molecule has 10 nitrogen and oxygen atoms in total. The van der Waals surface area contributed by atoms with Crippen LogP contribution < -0.4 is 11.0 Å². The Balaban J connectivity index is 2.16. The van der Waals surface area contributed by atoms with Crippen LogP contribution in [0.25, 0.3) is 0 Å². The second-order valence-electron chi connectivity index (χ2n) is 5.50. The predicted molar refractivity (Wildman–Crippen MR) is 83.5 cm³/mol. The Labute approximate surface area is 143 Å². The maximum absolute atomic E-state index is 12.1. The van der Waals surface area contributed by atoms with E-state index in [1.165, 1.54) is 37.6 Å². The zero-order valence-electron chi connectivity index (χ0n) is 14.1. The third-order valence-corrected chi connectivity index (χ3v) is 3.39. The molecule has 0 radical (unpaired) electrons. The molecule has 1 fully saturated rings. The lowest BCUT2D eigenvalue weighted by Crippen LogP contribution is -2.31. The standard InChI is InChI=1S/C15H19N3O7/c1-8(19)16-13-4-5-18(15(22)17-13)14-6-11(24-10(3)21)12(25-14)7-23-9(2)20/h4-5,11-12,14H,6-7H2,1-3H3,(H,16,17,19,22)/t11-,12+,14+/m0/s1. The Morgan fingerprint density at radius 1 is 1.32 bits per heavy atom. The number of anilines is 1. The molecule has 2 heterocycles. The van der Waals surface area contributed by atoms with Crippen molar-refractivity contribution in [1.82, 2.24) is 9.55 Å². The average Bonchev–Trinajstić information content (AvgIpc) is 2.86. The van der Waals surface area contributed by atoms with E-state index in [4.69, 9.17) is 14.2 Å². The molecule has 0 unspecified atom stereocenters. The molecule has 2 rings (SSSR count). The first-order valence-corrected chi connectivity index (χ1v) is 7.59. The molecule has 0 aromatic carbocycles. The average molecular weight is 353 g/mol. The van der Waals surface area contributed by atoms with E-state index >= 15 is 0 Å². The Morgan fingerprint density at radius 2 is 2.04 bits per heavy atom. The van der Waals surface area contributed by atoms with Crippen molar-refractivity contribution < 1.29 is 28.6 Å². The van der Waals surface area contributed by atoms with Crippen molar-refractivity contribution in [2.24, 2.45) is 0 Å². The van der Waals surface area contributed by atoms with Gasteiger partial charge in [-0.3, -0.25) is 19.0 Å². The molecule has 1 aromatic heterocycles. The van der Waals surface area contributed by atoms with Crippen molar-refractivity contribution in [3.63, 3.8) is 0 Å². The van der Waals surface area contributed by atoms with Gasteiger partial charge in [0.2, 0.25) is 5.91 Å². The van der Waals surface area contributed by atoms with Crippen molar-refractivity contribution in [3.05, 3.63) is 22.7 Å². The Hall–Kier alpha value is -2.75. The van der Waals surface area contributed by atoms with Crippen molar-refractivity contribution >= 4 is 23.7 Å². The third-order valence-electron chi connectivity index (χ3n) is 3.39. The highest BCUT2D eigenvalue weighted by Crippen LogP contribution is 2.30. The summed E-state index contributed by atoms with van der Waals surface area (Å²) < 4.78 is 17.0. The van der Waals surface area contributed by atoms with Crippen LogP contribution in [0.1, 0.15) is 33.4 Å². The van der Waals surface area contributed by atoms with Crippen LogP contribution in [0, 0.1) is 0 Å². The van der Waals surface area contributed by atoms with Crippen LogP contribution in [0.15, 0.2) is 17.1 Å². The van der Waals surface area contributed by atoms with Crippen molar-refractivity contribution in [1.29, 1.82) is 0 Å². The molecule has 0 bridgehead atoms. The maximum Gasteiger partial charge on any atom is 0.351 e. The molecule has 25 heavy (non-hydrogen) atoms. The fourth-order valence-electron chi connectivity index (χ4n) is 2.44. The first-order valence-electron chi connectivity index (χ1n) is 7.59. The van der Waals surface area contributed by atoms with Crippen molar-refractivity contribution in [3.8, 4) is 0 Å². The minimum absolute atomic E-state index is 0.101. The van der Waals surface area contributed by atoms with Gasteiger partial charge >= 0.3 is 17.6 Å². The minimum Gasteiger partial charge on any atom is -0.463 e. The first-order chi connectivity index (χ1) is 11.8. The summed E-state index contributed by atoms with van der Waals surface area (Å²) in [4.78, 5) is 49.1. The first kappa shape index (κ1) is 18.6. The molecule has 1 amide bonds. The Kier molecular flexibility index (Phi) is 5.86. The number of amides is 1. The zero-order valence-corrected chi connectivity index (χ0v) is 14.1. The summed E-state index contributed by atoms with van der Waals surface area (Å²) in [5.41, 5.74) is -0.633. The van der Waals surface area contributed by atoms with E-state index < -0.39 is 36.1 Å². The number of nitrogens with zero attached hydrogens (tertiary/aromatic N) is 2. The normalized spacial score (nSPS) is 22.3. The van der Waals surface area contributed by atoms with Gasteiger partial charge in [0.15, 0.2) is 0 Å². The van der Waals surface area contributed by atoms with E-state index in [1.54, 1.807) is 0 Å². The number of hydrogen-bond acceptors (Lipinski definition) is 8. The van der Waals surface area contributed by atoms with Gasteiger partial charge in [-0.05, 0) is 6.07 Å². The van der Waals surface area contributed by atoms with Crippen LogP contribution in [-0.2, 0) is 28.6 Å². The lowest BCUT2D eigenvalue weighted by Gasteiger charge is -2.17. The smallest absolute Gasteiger partial charge is 0.351 e. The summed E-state index contributed by atoms with van der Waals surface area (Å²) in [7, 11) is 0. The quantitative estimate of drug-likeness (QED) is 0.732. The molecule has 1 saturated heterocycles. The Morgan fingerprint density at radius 3 is 2.60 bits per heavy atom. The summed E-state index contributed by atoms with van der Waals surface area (Å²) in [6, 6.07) is 1.45. The predicted octanol–water partition coefficient (Wildman–Crippen LogP) is -0.0160. The van der Waals surface area contributed by atoms with E-state index in [2.05, 4.69) is 10.3 Å². The van der Waals surface area contributed by atoms with Gasteiger partial charge in [0.1, 0.15) is 30.9 Å². The highest BCUT2D eigenvalue weighted by molar-refractivity contribution is 5.87. The highest BCUT2D eigenvalue weighted by atomic mass is 16.6. The van der Waals surface area contributed by atoms with Gasteiger partial charge in [-0.1, -0.05) is 0 Å². The van der Waals surface area contributed by atoms with Crippen LogP contribution in [-0.4, -0.2) is 46.2 Å². The van der Waals surface area contributed by atoms with Crippen LogP contribution >= 0.6 is 0 Å². The Bertz CT molecular complexity index is 730. The molecular formula is C15H19N3O7. The summed E-state index contributed by atoms with van der Waals surface area (Å²) >= 11 is 0. The van der Waals surface area contributed by atoms with Crippen LogP contribution in [0.5, 0.6) is 0 Å². The lowest BCUT2D eigenvalue weighted by atomic mass is 10.2. The van der Waals surface area contributed by atoms with E-state index in [0.717, 1.165) is 0 Å². The van der Waals surface area contributed by atoms with Gasteiger partial charge in [0.25, 0.3) is 0 Å². The number of carbonyl (C=O) groups excluding carboxylic acids is 3. The molecule has 0 aliphatic carbocycles. The second kappa shape index (κ2) is 7.88. The molecule has 0 spiro atoms. The lowest BCUT2D eigenvalue weighted by molar-refractivity contribution is -0.155. The number of nitrogens with one attached hydrogen (secondary N) is 1. The molecule has 1 aromatic rings. The van der Waals surface area contributed by atoms with Crippen LogP contribution in [0.4, 0.5) is 5.82 Å². The van der Waals surface area contributed by atoms with E-state index in [9.17, 15) is 19.2 Å². The maximum atomic E-state index is 12.1. The topological polar surface area (TPSA) is 126 Å². The number of rotatable bonds is 5. The molecule has 0 saturated carbocycles. The third kappa shape index (κ3) is 5.11. The van der Waals surface area contributed by atoms with Gasteiger partial charge in [-0.2, -0.15) is 4.98 Å². The van der Waals surface area contributed by atoms with Gasteiger partial charge < -0.3 is 19.5 Å². The molecule has 10 heteroatoms. The summed E-state index contributed by atoms with van der Waals surface area (Å²) in [6.45, 7) is 3.71. The van der Waals surface area contributed by atoms with E-state index in [1.807, 2.05) is 0 Å². The van der Waals surface area contributed by atoms with Gasteiger partial charge in [-0.15, -0.1) is 0 Å². The van der Waals surface area contributed by atoms with Crippen LogP contribution in [0.2, 0.25) is 0 Å². The van der Waals surface area contributed by atoms with E-state index in [0.29, 0.717) is 0 Å². The summed E-state index contributed by atoms with van der Waals surface area (Å²) in [6.07, 6.45) is -0.476. The summed E-state index contributed by atoms with van der Waals surface area (Å²) in [5.74, 6) is -1.22. The molecule has 1 aliphatic rings. The number of carbonyl (C=O) groups is 3. The largest absolute Gasteiger partial charge is 0.463 e. The molecule has 136 valence electrons. The molecule has 1 aliphatic heterocycles. The van der Waals surface area contributed by atoms with Gasteiger partial charge in [-0.25, -0.2) is 4.79 Å². The second-order valence-corrected chi connectivity index (χ2v) is 5.50. The number of aromatic nitrogens is 2. The molecule has 3 atom stereocenters. The zero-order chi connectivity index (χ0) is 18.6. The fraction of sp³-hybridized carbons (Fsp3) is 0.533. The fourth-order valence-corrected chi connectivity index (χ4v) is 2.44. The van der Waals surface area contributed by atoms with E-state index in [-0.39, 0.29) is 24.8 Å². The minimum atomic E-state index is -0.740. The van der Waals surface area contributed by atoms with Gasteiger partial charge in [0.05, 0.1) is 0 Å². The summed E-state index contributed by atoms with van der Waals surface area (Å²) in [5, 5.41) is 2.41. The van der Waals surface area contributed by atoms with Crippen molar-refractivity contribution in [2.45, 2.75) is 45.6 Å². The van der Waals surface area contributed by atoms with Crippen LogP contribution in [0.3, 0.4) is 0 Å². The molecule has 1 N–H and O–H groups in total. The number of hydrogen-bond donors (Lipinski definition) is 1. The SMILES string of the molecule is CC(=O)Nc1ccn([C@H]2C[C@H](OC(C)=O)[C@@H](COC(C)=O)O2)c(=O)n1. The molecular weight excluding hydrogens is 334 g/mol. The van der Waals surface area contributed by atoms with Crippen molar-refractivity contribution in [2.75, 3.05) is 11.9 Å². The van der Waals surface area contributed by atoms with Gasteiger partial charge in [0, 0.05) is 33.4 Å².